The third-order valence-corrected chi connectivity index (χ3v) is 4.22. The lowest BCUT2D eigenvalue weighted by atomic mass is 10.3. The van der Waals surface area contributed by atoms with E-state index in [0.717, 1.165) is 16.2 Å². The first-order valence-corrected chi connectivity index (χ1v) is 7.62. The van der Waals surface area contributed by atoms with Crippen LogP contribution >= 0.6 is 11.3 Å². The van der Waals surface area contributed by atoms with Gasteiger partial charge in [0.15, 0.2) is 5.69 Å². The molecule has 22 heavy (non-hydrogen) atoms. The number of nitrogens with one attached hydrogen (secondary N) is 2. The van der Waals surface area contributed by atoms with E-state index in [4.69, 9.17) is 4.42 Å². The van der Waals surface area contributed by atoms with Crippen LogP contribution < -0.4 is 9.72 Å². The number of carbonyl (C=O) groups excluding carboxylic acids is 1. The molecule has 0 aliphatic carbocycles. The van der Waals surface area contributed by atoms with E-state index < -0.39 is 0 Å². The van der Waals surface area contributed by atoms with Crippen molar-refractivity contribution < 1.29 is 13.6 Å². The summed E-state index contributed by atoms with van der Waals surface area (Å²) in [5, 5.41) is 4.93. The Morgan fingerprint density at radius 2 is 2.14 bits per heavy atom. The molecule has 0 aliphatic heterocycles. The van der Waals surface area contributed by atoms with Crippen molar-refractivity contribution in [3.8, 4) is 10.6 Å². The van der Waals surface area contributed by atoms with Gasteiger partial charge in [0, 0.05) is 6.07 Å². The molecule has 4 aromatic heterocycles. The highest BCUT2D eigenvalue weighted by molar-refractivity contribution is 7.13. The first-order chi connectivity index (χ1) is 10.8. The number of H-pyrrole nitrogens is 1. The summed E-state index contributed by atoms with van der Waals surface area (Å²) < 4.78 is 7.07. The van der Waals surface area contributed by atoms with Crippen LogP contribution in [0.3, 0.4) is 0 Å². The standard InChI is InChI=1S/C16H11N3O2S/c20-16(11-5-3-9-21-11)18-15-14(12-6-4-10-22-12)17-13-7-1-2-8-19(13)15/h1-10H,(H,18,20)/p+1. The van der Waals surface area contributed by atoms with Gasteiger partial charge in [0.05, 0.1) is 17.3 Å². The van der Waals surface area contributed by atoms with Gasteiger partial charge in [-0.05, 0) is 29.6 Å². The number of amides is 1. The van der Waals surface area contributed by atoms with Crippen LogP contribution in [0, 0.1) is 0 Å². The zero-order chi connectivity index (χ0) is 14.9. The second-order valence-electron chi connectivity index (χ2n) is 4.71. The molecule has 0 atom stereocenters. The zero-order valence-electron chi connectivity index (χ0n) is 11.4. The van der Waals surface area contributed by atoms with Crippen molar-refractivity contribution in [1.82, 2.24) is 4.98 Å². The van der Waals surface area contributed by atoms with E-state index in [1.807, 2.05) is 46.3 Å². The average Bonchev–Trinajstić information content (AvgIpc) is 3.28. The fourth-order valence-electron chi connectivity index (χ4n) is 2.35. The molecule has 0 aromatic carbocycles. The van der Waals surface area contributed by atoms with Crippen molar-refractivity contribution >= 4 is 28.7 Å². The molecule has 0 aliphatic rings. The second kappa shape index (κ2) is 5.16. The van der Waals surface area contributed by atoms with Crippen LogP contribution in [0.5, 0.6) is 0 Å². The largest absolute Gasteiger partial charge is 0.458 e. The lowest BCUT2D eigenvalue weighted by Gasteiger charge is -1.98. The number of carbonyl (C=O) groups is 1. The average molecular weight is 310 g/mol. The predicted octanol–water partition coefficient (Wildman–Crippen LogP) is 3.33. The summed E-state index contributed by atoms with van der Waals surface area (Å²) in [6, 6.07) is 13.1. The maximum absolute atomic E-state index is 12.3. The Morgan fingerprint density at radius 1 is 1.18 bits per heavy atom. The van der Waals surface area contributed by atoms with Crippen molar-refractivity contribution in [2.45, 2.75) is 0 Å². The third kappa shape index (κ3) is 2.10. The molecule has 4 rings (SSSR count). The number of aromatic amines is 1. The molecule has 108 valence electrons. The van der Waals surface area contributed by atoms with Gasteiger partial charge in [0.25, 0.3) is 5.82 Å². The number of pyridine rings is 1. The van der Waals surface area contributed by atoms with Crippen molar-refractivity contribution in [3.05, 3.63) is 66.1 Å². The third-order valence-electron chi connectivity index (χ3n) is 3.34. The van der Waals surface area contributed by atoms with Gasteiger partial charge in [-0.25, -0.2) is 14.5 Å². The molecule has 0 saturated heterocycles. The predicted molar refractivity (Wildman–Crippen MR) is 83.9 cm³/mol. The molecule has 0 unspecified atom stereocenters. The summed E-state index contributed by atoms with van der Waals surface area (Å²) >= 11 is 1.61. The van der Waals surface area contributed by atoms with Gasteiger partial charge < -0.3 is 4.42 Å². The van der Waals surface area contributed by atoms with Crippen LogP contribution in [0.2, 0.25) is 0 Å². The van der Waals surface area contributed by atoms with E-state index in [9.17, 15) is 4.79 Å². The number of thiophene rings is 1. The first kappa shape index (κ1) is 12.8. The lowest BCUT2D eigenvalue weighted by Crippen LogP contribution is -2.26. The molecule has 4 heterocycles. The fourth-order valence-corrected chi connectivity index (χ4v) is 3.07. The number of aromatic nitrogens is 2. The minimum Gasteiger partial charge on any atom is -0.458 e. The van der Waals surface area contributed by atoms with Crippen LogP contribution in [0.15, 0.2) is 64.7 Å². The Kier molecular flexibility index (Phi) is 3.01. The number of hydrogen-bond donors (Lipinski definition) is 2. The van der Waals surface area contributed by atoms with Crippen LogP contribution in [-0.2, 0) is 0 Å². The molecule has 4 aromatic rings. The van der Waals surface area contributed by atoms with Crippen LogP contribution in [0.1, 0.15) is 10.6 Å². The number of furan rings is 1. The molecular formula is C16H12N3O2S+. The Hall–Kier alpha value is -2.86. The van der Waals surface area contributed by atoms with Gasteiger partial charge in [-0.1, -0.05) is 12.1 Å². The molecule has 0 radical (unpaired) electrons. The Balaban J connectivity index is 1.84. The van der Waals surface area contributed by atoms with Crippen LogP contribution in [0.4, 0.5) is 5.82 Å². The normalized spacial score (nSPS) is 10.9. The van der Waals surface area contributed by atoms with E-state index >= 15 is 0 Å². The Labute approximate surface area is 129 Å². The summed E-state index contributed by atoms with van der Waals surface area (Å²) in [4.78, 5) is 16.7. The van der Waals surface area contributed by atoms with E-state index in [-0.39, 0.29) is 11.7 Å². The minimum atomic E-state index is -0.278. The number of hydrogen-bond acceptors (Lipinski definition) is 3. The number of anilines is 1. The second-order valence-corrected chi connectivity index (χ2v) is 5.66. The molecular weight excluding hydrogens is 298 g/mol. The van der Waals surface area contributed by atoms with Gasteiger partial charge in [-0.2, -0.15) is 0 Å². The Bertz CT molecular complexity index is 924. The topological polar surface area (TPSA) is 62.1 Å². The van der Waals surface area contributed by atoms with Gasteiger partial charge >= 0.3 is 5.91 Å². The fraction of sp³-hybridized carbons (Fsp3) is 0. The van der Waals surface area contributed by atoms with E-state index in [1.165, 1.54) is 6.26 Å². The summed E-state index contributed by atoms with van der Waals surface area (Å²) in [7, 11) is 0. The Morgan fingerprint density at radius 3 is 2.91 bits per heavy atom. The number of fused-ring (bicyclic) bond motifs is 1. The minimum absolute atomic E-state index is 0.278. The van der Waals surface area contributed by atoms with Crippen molar-refractivity contribution in [3.63, 3.8) is 0 Å². The number of nitrogens with zero attached hydrogens (tertiary/aromatic N) is 1. The van der Waals surface area contributed by atoms with Crippen molar-refractivity contribution in [1.29, 1.82) is 0 Å². The molecule has 6 heteroatoms. The number of rotatable bonds is 3. The SMILES string of the molecule is O=C(Nc1c(-c2cccs2)[nH]c2cccc[n+]12)c1ccco1. The maximum atomic E-state index is 12.3. The van der Waals surface area contributed by atoms with Gasteiger partial charge in [-0.3, -0.25) is 4.98 Å². The van der Waals surface area contributed by atoms with Gasteiger partial charge in [-0.15, -0.1) is 11.3 Å². The van der Waals surface area contributed by atoms with Crippen LogP contribution in [0.25, 0.3) is 16.2 Å². The van der Waals surface area contributed by atoms with Crippen molar-refractivity contribution in [2.75, 3.05) is 5.32 Å². The number of imidazole rings is 1. The molecule has 0 spiro atoms. The molecule has 0 bridgehead atoms. The monoisotopic (exact) mass is 310 g/mol. The zero-order valence-corrected chi connectivity index (χ0v) is 12.3. The van der Waals surface area contributed by atoms with E-state index in [2.05, 4.69) is 10.3 Å². The summed E-state index contributed by atoms with van der Waals surface area (Å²) in [5.41, 5.74) is 1.78. The molecule has 2 N–H and O–H groups in total. The summed E-state index contributed by atoms with van der Waals surface area (Å²) in [5.74, 6) is 0.697. The van der Waals surface area contributed by atoms with Gasteiger partial charge in [0.1, 0.15) is 0 Å². The smallest absolute Gasteiger partial charge is 0.347 e. The van der Waals surface area contributed by atoms with Crippen molar-refractivity contribution in [2.24, 2.45) is 0 Å². The molecule has 1 amide bonds. The molecule has 5 nitrogen and oxygen atoms in total. The first-order valence-electron chi connectivity index (χ1n) is 6.74. The van der Waals surface area contributed by atoms with Gasteiger partial charge in [0.2, 0.25) is 11.4 Å². The van der Waals surface area contributed by atoms with E-state index in [1.54, 1.807) is 23.5 Å². The highest BCUT2D eigenvalue weighted by Crippen LogP contribution is 2.29. The summed E-state index contributed by atoms with van der Waals surface area (Å²) in [6.45, 7) is 0. The highest BCUT2D eigenvalue weighted by Gasteiger charge is 2.24. The molecule has 0 saturated carbocycles. The van der Waals surface area contributed by atoms with E-state index in [0.29, 0.717) is 5.82 Å². The lowest BCUT2D eigenvalue weighted by molar-refractivity contribution is -0.493. The molecule has 0 fully saturated rings. The van der Waals surface area contributed by atoms with Crippen LogP contribution in [-0.4, -0.2) is 10.9 Å². The maximum Gasteiger partial charge on any atom is 0.347 e. The highest BCUT2D eigenvalue weighted by atomic mass is 32.1. The quantitative estimate of drug-likeness (QED) is 0.570. The summed E-state index contributed by atoms with van der Waals surface area (Å²) in [6.07, 6.45) is 3.39.